The Balaban J connectivity index is 2.66. The van der Waals surface area contributed by atoms with Gasteiger partial charge in [0.25, 0.3) is 0 Å². The predicted octanol–water partition coefficient (Wildman–Crippen LogP) is 2.00. The number of carbonyl (C=O) groups is 1. The highest BCUT2D eigenvalue weighted by molar-refractivity contribution is 5.73. The lowest BCUT2D eigenvalue weighted by molar-refractivity contribution is 0.129. The van der Waals surface area contributed by atoms with Crippen LogP contribution in [-0.2, 0) is 6.54 Å². The van der Waals surface area contributed by atoms with Crippen LogP contribution in [0.3, 0.4) is 0 Å². The molecule has 0 aliphatic rings. The lowest BCUT2D eigenvalue weighted by atomic mass is 10.1. The first kappa shape index (κ1) is 16.3. The zero-order valence-corrected chi connectivity index (χ0v) is 12.6. The molecular formula is C15H24N2O3. The van der Waals surface area contributed by atoms with Crippen LogP contribution in [0.2, 0.25) is 0 Å². The van der Waals surface area contributed by atoms with Gasteiger partial charge >= 0.3 is 6.03 Å². The van der Waals surface area contributed by atoms with Crippen molar-refractivity contribution >= 4 is 6.03 Å². The van der Waals surface area contributed by atoms with Crippen molar-refractivity contribution in [1.82, 2.24) is 10.2 Å². The number of aliphatic hydroxyl groups excluding tert-OH is 1. The fourth-order valence-corrected chi connectivity index (χ4v) is 1.64. The third-order valence-electron chi connectivity index (χ3n) is 2.60. The smallest absolute Gasteiger partial charge is 0.317 e. The van der Waals surface area contributed by atoms with Gasteiger partial charge in [-0.3, -0.25) is 0 Å². The molecule has 0 atom stereocenters. The molecule has 0 aromatic heterocycles. The monoisotopic (exact) mass is 280 g/mol. The Hall–Kier alpha value is -1.75. The highest BCUT2D eigenvalue weighted by Gasteiger charge is 2.15. The minimum atomic E-state index is -0.284. The molecule has 1 aromatic rings. The number of amides is 2. The van der Waals surface area contributed by atoms with E-state index in [9.17, 15) is 4.79 Å². The van der Waals surface area contributed by atoms with Gasteiger partial charge < -0.3 is 20.1 Å². The number of likely N-dealkylation sites (N-methyl/N-ethyl adjacent to an activating group) is 1. The number of urea groups is 1. The van der Waals surface area contributed by atoms with E-state index < -0.39 is 0 Å². The Labute approximate surface area is 120 Å². The Kier molecular flexibility index (Phi) is 5.82. The van der Waals surface area contributed by atoms with Gasteiger partial charge in [-0.05, 0) is 26.8 Å². The molecule has 0 radical (unpaired) electrons. The second kappa shape index (κ2) is 7.14. The van der Waals surface area contributed by atoms with Gasteiger partial charge in [0.15, 0.2) is 0 Å². The van der Waals surface area contributed by atoms with Gasteiger partial charge in [-0.15, -0.1) is 0 Å². The molecule has 20 heavy (non-hydrogen) atoms. The number of para-hydroxylation sites is 1. The molecule has 5 nitrogen and oxygen atoms in total. The molecule has 0 saturated heterocycles. The van der Waals surface area contributed by atoms with Crippen LogP contribution in [-0.4, -0.2) is 41.8 Å². The molecule has 2 N–H and O–H groups in total. The fraction of sp³-hybridized carbons (Fsp3) is 0.533. The number of carbonyl (C=O) groups excluding carboxylic acids is 1. The second-order valence-electron chi connectivity index (χ2n) is 5.63. The summed E-state index contributed by atoms with van der Waals surface area (Å²) in [6.07, 6.45) is 0. The highest BCUT2D eigenvalue weighted by Crippen LogP contribution is 2.22. The number of rotatable bonds is 5. The van der Waals surface area contributed by atoms with Crippen molar-refractivity contribution in [3.8, 4) is 5.75 Å². The molecule has 0 fully saturated rings. The van der Waals surface area contributed by atoms with Crippen molar-refractivity contribution in [1.29, 1.82) is 0 Å². The molecule has 0 bridgehead atoms. The van der Waals surface area contributed by atoms with Crippen LogP contribution in [0, 0.1) is 0 Å². The van der Waals surface area contributed by atoms with E-state index in [1.165, 1.54) is 4.90 Å². The number of hydrogen-bond donors (Lipinski definition) is 2. The van der Waals surface area contributed by atoms with Crippen molar-refractivity contribution in [2.45, 2.75) is 32.9 Å². The summed E-state index contributed by atoms with van der Waals surface area (Å²) in [5.41, 5.74) is 0.640. The molecule has 1 aromatic carbocycles. The summed E-state index contributed by atoms with van der Waals surface area (Å²) in [6.45, 7) is 6.60. The van der Waals surface area contributed by atoms with Gasteiger partial charge in [0, 0.05) is 25.7 Å². The summed E-state index contributed by atoms with van der Waals surface area (Å²) in [5.74, 6) is 0.769. The van der Waals surface area contributed by atoms with E-state index in [-0.39, 0.29) is 18.2 Å². The molecule has 5 heteroatoms. The quantitative estimate of drug-likeness (QED) is 0.867. The minimum Gasteiger partial charge on any atom is -0.488 e. The average molecular weight is 280 g/mol. The standard InChI is InChI=1S/C15H24N2O3/c1-15(2,3)20-13-8-6-5-7-12(13)11-16-14(19)17(4)9-10-18/h5-8,18H,9-11H2,1-4H3,(H,16,19). The number of nitrogens with zero attached hydrogens (tertiary/aromatic N) is 1. The number of ether oxygens (including phenoxy) is 1. The summed E-state index contributed by atoms with van der Waals surface area (Å²) in [4.78, 5) is 13.2. The van der Waals surface area contributed by atoms with Gasteiger partial charge in [-0.25, -0.2) is 4.79 Å². The van der Waals surface area contributed by atoms with Crippen molar-refractivity contribution in [3.05, 3.63) is 29.8 Å². The van der Waals surface area contributed by atoms with Crippen LogP contribution in [0.1, 0.15) is 26.3 Å². The Bertz CT molecular complexity index is 441. The normalized spacial score (nSPS) is 11.1. The summed E-state index contributed by atoms with van der Waals surface area (Å²) in [5, 5.41) is 11.6. The third kappa shape index (κ3) is 5.48. The molecule has 112 valence electrons. The van der Waals surface area contributed by atoms with Crippen LogP contribution in [0.4, 0.5) is 4.79 Å². The maximum atomic E-state index is 11.8. The lowest BCUT2D eigenvalue weighted by Gasteiger charge is -2.24. The average Bonchev–Trinajstić information content (AvgIpc) is 2.35. The van der Waals surface area contributed by atoms with E-state index in [0.717, 1.165) is 11.3 Å². The van der Waals surface area contributed by atoms with Crippen LogP contribution in [0.25, 0.3) is 0 Å². The van der Waals surface area contributed by atoms with Gasteiger partial charge in [0.05, 0.1) is 6.61 Å². The molecule has 2 amide bonds. The van der Waals surface area contributed by atoms with Crippen LogP contribution in [0.5, 0.6) is 5.75 Å². The summed E-state index contributed by atoms with van der Waals surface area (Å²) < 4.78 is 5.87. The highest BCUT2D eigenvalue weighted by atomic mass is 16.5. The predicted molar refractivity (Wildman–Crippen MR) is 78.8 cm³/mol. The summed E-state index contributed by atoms with van der Waals surface area (Å²) in [7, 11) is 1.64. The molecular weight excluding hydrogens is 256 g/mol. The zero-order chi connectivity index (χ0) is 15.2. The third-order valence-corrected chi connectivity index (χ3v) is 2.60. The molecule has 0 aliphatic heterocycles. The van der Waals surface area contributed by atoms with E-state index in [1.807, 2.05) is 45.0 Å². The van der Waals surface area contributed by atoms with Gasteiger partial charge in [-0.2, -0.15) is 0 Å². The first-order valence-corrected chi connectivity index (χ1v) is 6.70. The number of nitrogens with one attached hydrogen (secondary N) is 1. The molecule has 1 rings (SSSR count). The largest absolute Gasteiger partial charge is 0.488 e. The summed E-state index contributed by atoms with van der Waals surface area (Å²) in [6, 6.07) is 7.42. The molecule has 0 spiro atoms. The SMILES string of the molecule is CN(CCO)C(=O)NCc1ccccc1OC(C)(C)C. The second-order valence-corrected chi connectivity index (χ2v) is 5.63. The van der Waals surface area contributed by atoms with E-state index in [0.29, 0.717) is 13.1 Å². The van der Waals surface area contributed by atoms with E-state index in [1.54, 1.807) is 7.05 Å². The molecule has 0 unspecified atom stereocenters. The fourth-order valence-electron chi connectivity index (χ4n) is 1.64. The van der Waals surface area contributed by atoms with Crippen LogP contribution < -0.4 is 10.1 Å². The van der Waals surface area contributed by atoms with Gasteiger partial charge in [-0.1, -0.05) is 18.2 Å². The number of benzene rings is 1. The van der Waals surface area contributed by atoms with E-state index in [2.05, 4.69) is 5.32 Å². The molecule has 0 heterocycles. The topological polar surface area (TPSA) is 61.8 Å². The number of hydrogen-bond acceptors (Lipinski definition) is 3. The number of aliphatic hydroxyl groups is 1. The summed E-state index contributed by atoms with van der Waals surface area (Å²) >= 11 is 0. The maximum Gasteiger partial charge on any atom is 0.317 e. The first-order valence-electron chi connectivity index (χ1n) is 6.70. The van der Waals surface area contributed by atoms with Crippen molar-refractivity contribution in [2.24, 2.45) is 0 Å². The minimum absolute atomic E-state index is 0.0480. The Morgan fingerprint density at radius 3 is 2.60 bits per heavy atom. The van der Waals surface area contributed by atoms with Crippen LogP contribution >= 0.6 is 0 Å². The van der Waals surface area contributed by atoms with Crippen molar-refractivity contribution < 1.29 is 14.6 Å². The first-order chi connectivity index (χ1) is 9.33. The van der Waals surface area contributed by atoms with E-state index >= 15 is 0 Å². The Morgan fingerprint density at radius 1 is 1.35 bits per heavy atom. The Morgan fingerprint density at radius 2 is 2.00 bits per heavy atom. The zero-order valence-electron chi connectivity index (χ0n) is 12.6. The maximum absolute atomic E-state index is 11.8. The molecule has 0 aliphatic carbocycles. The van der Waals surface area contributed by atoms with Gasteiger partial charge in [0.2, 0.25) is 0 Å². The van der Waals surface area contributed by atoms with Gasteiger partial charge in [0.1, 0.15) is 11.4 Å². The van der Waals surface area contributed by atoms with E-state index in [4.69, 9.17) is 9.84 Å². The van der Waals surface area contributed by atoms with Crippen molar-refractivity contribution in [3.63, 3.8) is 0 Å². The van der Waals surface area contributed by atoms with Crippen molar-refractivity contribution in [2.75, 3.05) is 20.2 Å². The van der Waals surface area contributed by atoms with Crippen LogP contribution in [0.15, 0.2) is 24.3 Å². The lowest BCUT2D eigenvalue weighted by Crippen LogP contribution is -2.38. The molecule has 0 saturated carbocycles.